The summed E-state index contributed by atoms with van der Waals surface area (Å²) in [6.45, 7) is 3.57. The molecule has 3 rings (SSSR count). The SMILES string of the molecule is CC(=O)NC1=CC[C@@H](c2ccc(Cl)c(C)c2)c2ccccc21. The van der Waals surface area contributed by atoms with E-state index in [0.29, 0.717) is 5.92 Å². The lowest BCUT2D eigenvalue weighted by Crippen LogP contribution is -2.22. The van der Waals surface area contributed by atoms with Gasteiger partial charge in [-0.3, -0.25) is 4.79 Å². The van der Waals surface area contributed by atoms with E-state index in [0.717, 1.165) is 28.3 Å². The number of allylic oxidation sites excluding steroid dienone is 1. The molecule has 0 saturated carbocycles. The van der Waals surface area contributed by atoms with Gasteiger partial charge in [-0.25, -0.2) is 0 Å². The summed E-state index contributed by atoms with van der Waals surface area (Å²) >= 11 is 6.14. The van der Waals surface area contributed by atoms with E-state index in [9.17, 15) is 4.79 Å². The van der Waals surface area contributed by atoms with Crippen molar-refractivity contribution in [3.63, 3.8) is 0 Å². The molecule has 2 aromatic rings. The number of fused-ring (bicyclic) bond motifs is 1. The van der Waals surface area contributed by atoms with E-state index < -0.39 is 0 Å². The van der Waals surface area contributed by atoms with Gasteiger partial charge >= 0.3 is 0 Å². The monoisotopic (exact) mass is 311 g/mol. The Morgan fingerprint density at radius 3 is 2.73 bits per heavy atom. The molecule has 1 amide bonds. The highest BCUT2D eigenvalue weighted by atomic mass is 35.5. The van der Waals surface area contributed by atoms with Crippen LogP contribution in [0.4, 0.5) is 0 Å². The molecule has 2 nitrogen and oxygen atoms in total. The highest BCUT2D eigenvalue weighted by Gasteiger charge is 2.23. The zero-order valence-corrected chi connectivity index (χ0v) is 13.4. The Labute approximate surface area is 135 Å². The molecule has 112 valence electrons. The molecule has 0 radical (unpaired) electrons. The molecule has 0 heterocycles. The smallest absolute Gasteiger partial charge is 0.221 e. The summed E-state index contributed by atoms with van der Waals surface area (Å²) in [6.07, 6.45) is 2.98. The summed E-state index contributed by atoms with van der Waals surface area (Å²) in [5, 5.41) is 3.73. The number of hydrogen-bond acceptors (Lipinski definition) is 1. The second-order valence-electron chi connectivity index (χ2n) is 5.68. The predicted molar refractivity (Wildman–Crippen MR) is 90.9 cm³/mol. The summed E-state index contributed by atoms with van der Waals surface area (Å²) in [5.74, 6) is 0.256. The van der Waals surface area contributed by atoms with Crippen molar-refractivity contribution in [2.24, 2.45) is 0 Å². The number of nitrogens with one attached hydrogen (secondary N) is 1. The first-order chi connectivity index (χ1) is 10.6. The molecular formula is C19H18ClNO. The maximum atomic E-state index is 11.4. The van der Waals surface area contributed by atoms with Crippen LogP contribution in [0.25, 0.3) is 5.70 Å². The zero-order chi connectivity index (χ0) is 15.7. The predicted octanol–water partition coefficient (Wildman–Crippen LogP) is 4.66. The van der Waals surface area contributed by atoms with E-state index in [-0.39, 0.29) is 5.91 Å². The molecule has 0 saturated heterocycles. The number of rotatable bonds is 2. The van der Waals surface area contributed by atoms with Gasteiger partial charge in [0.25, 0.3) is 0 Å². The van der Waals surface area contributed by atoms with Crippen LogP contribution in [-0.4, -0.2) is 5.91 Å². The van der Waals surface area contributed by atoms with E-state index in [2.05, 4.69) is 35.7 Å². The highest BCUT2D eigenvalue weighted by molar-refractivity contribution is 6.31. The number of aryl methyl sites for hydroxylation is 1. The molecule has 1 aliphatic carbocycles. The lowest BCUT2D eigenvalue weighted by molar-refractivity contribution is -0.117. The first-order valence-electron chi connectivity index (χ1n) is 7.39. The molecule has 0 aliphatic heterocycles. The standard InChI is InChI=1S/C19H18ClNO/c1-12-11-14(7-9-18(12)20)15-8-10-19(21-13(2)22)17-6-4-3-5-16(15)17/h3-7,9-11,15H,8H2,1-2H3,(H,21,22)/t15-/m0/s1. The van der Waals surface area contributed by atoms with E-state index in [1.807, 2.05) is 25.1 Å². The van der Waals surface area contributed by atoms with Gasteiger partial charge < -0.3 is 5.32 Å². The lowest BCUT2D eigenvalue weighted by atomic mass is 9.80. The van der Waals surface area contributed by atoms with Gasteiger partial charge in [0.2, 0.25) is 5.91 Å². The number of hydrogen-bond donors (Lipinski definition) is 1. The number of carbonyl (C=O) groups is 1. The van der Waals surface area contributed by atoms with Gasteiger partial charge in [0, 0.05) is 29.1 Å². The summed E-state index contributed by atoms with van der Waals surface area (Å²) in [6, 6.07) is 14.5. The van der Waals surface area contributed by atoms with Crippen LogP contribution in [0.2, 0.25) is 5.02 Å². The minimum absolute atomic E-state index is 0.0400. The summed E-state index contributed by atoms with van der Waals surface area (Å²) in [5.41, 5.74) is 5.60. The largest absolute Gasteiger partial charge is 0.326 e. The van der Waals surface area contributed by atoms with Crippen molar-refractivity contribution >= 4 is 23.2 Å². The van der Waals surface area contributed by atoms with E-state index in [4.69, 9.17) is 11.6 Å². The quantitative estimate of drug-likeness (QED) is 0.858. The van der Waals surface area contributed by atoms with Crippen molar-refractivity contribution in [3.8, 4) is 0 Å². The molecule has 1 atom stereocenters. The Balaban J connectivity index is 2.04. The van der Waals surface area contributed by atoms with Gasteiger partial charge in [-0.05, 0) is 36.1 Å². The average Bonchev–Trinajstić information content (AvgIpc) is 2.50. The van der Waals surface area contributed by atoms with Crippen molar-refractivity contribution in [1.82, 2.24) is 5.32 Å². The van der Waals surface area contributed by atoms with Crippen LogP contribution in [0.3, 0.4) is 0 Å². The minimum atomic E-state index is -0.0400. The zero-order valence-electron chi connectivity index (χ0n) is 12.7. The fraction of sp³-hybridized carbons (Fsp3) is 0.211. The Kier molecular flexibility index (Phi) is 4.04. The third kappa shape index (κ3) is 2.79. The second kappa shape index (κ2) is 5.98. The topological polar surface area (TPSA) is 29.1 Å². The maximum absolute atomic E-state index is 11.4. The molecule has 1 aliphatic rings. The first kappa shape index (κ1) is 14.9. The van der Waals surface area contributed by atoms with Gasteiger partial charge in [-0.1, -0.05) is 54.1 Å². The normalized spacial score (nSPS) is 16.7. The Morgan fingerprint density at radius 2 is 2.00 bits per heavy atom. The number of carbonyl (C=O) groups excluding carboxylic acids is 1. The number of halogens is 1. The molecule has 0 bridgehead atoms. The maximum Gasteiger partial charge on any atom is 0.221 e. The van der Waals surface area contributed by atoms with E-state index in [1.165, 1.54) is 18.1 Å². The van der Waals surface area contributed by atoms with Crippen LogP contribution in [0.1, 0.15) is 41.5 Å². The summed E-state index contributed by atoms with van der Waals surface area (Å²) in [4.78, 5) is 11.4. The molecule has 1 N–H and O–H groups in total. The molecule has 3 heteroatoms. The Hall–Kier alpha value is -2.06. The number of benzene rings is 2. The van der Waals surface area contributed by atoms with Gasteiger partial charge in [-0.2, -0.15) is 0 Å². The average molecular weight is 312 g/mol. The van der Waals surface area contributed by atoms with Gasteiger partial charge in [0.15, 0.2) is 0 Å². The van der Waals surface area contributed by atoms with Crippen LogP contribution in [-0.2, 0) is 4.79 Å². The van der Waals surface area contributed by atoms with E-state index in [1.54, 1.807) is 0 Å². The number of amides is 1. The molecule has 0 spiro atoms. The highest BCUT2D eigenvalue weighted by Crippen LogP contribution is 2.38. The Morgan fingerprint density at radius 1 is 1.23 bits per heavy atom. The first-order valence-corrected chi connectivity index (χ1v) is 7.77. The molecule has 0 fully saturated rings. The van der Waals surface area contributed by atoms with Crippen LogP contribution >= 0.6 is 11.6 Å². The molecule has 22 heavy (non-hydrogen) atoms. The van der Waals surface area contributed by atoms with Crippen molar-refractivity contribution in [2.75, 3.05) is 0 Å². The Bertz CT molecular complexity index is 764. The molecular weight excluding hydrogens is 294 g/mol. The minimum Gasteiger partial charge on any atom is -0.326 e. The van der Waals surface area contributed by atoms with Gasteiger partial charge in [0.05, 0.1) is 0 Å². The van der Waals surface area contributed by atoms with Crippen LogP contribution in [0.5, 0.6) is 0 Å². The van der Waals surface area contributed by atoms with Crippen LogP contribution < -0.4 is 5.32 Å². The third-order valence-corrected chi connectivity index (χ3v) is 4.50. The molecule has 0 unspecified atom stereocenters. The fourth-order valence-electron chi connectivity index (χ4n) is 3.03. The van der Waals surface area contributed by atoms with Crippen molar-refractivity contribution in [3.05, 3.63) is 75.8 Å². The van der Waals surface area contributed by atoms with Crippen LogP contribution in [0, 0.1) is 6.92 Å². The molecule has 0 aromatic heterocycles. The summed E-state index contributed by atoms with van der Waals surface area (Å²) in [7, 11) is 0. The summed E-state index contributed by atoms with van der Waals surface area (Å²) < 4.78 is 0. The van der Waals surface area contributed by atoms with Crippen LogP contribution in [0.15, 0.2) is 48.5 Å². The second-order valence-corrected chi connectivity index (χ2v) is 6.09. The lowest BCUT2D eigenvalue weighted by Gasteiger charge is -2.26. The van der Waals surface area contributed by atoms with Crippen molar-refractivity contribution in [1.29, 1.82) is 0 Å². The molecule has 2 aromatic carbocycles. The van der Waals surface area contributed by atoms with Gasteiger partial charge in [0.1, 0.15) is 0 Å². The van der Waals surface area contributed by atoms with Crippen molar-refractivity contribution in [2.45, 2.75) is 26.2 Å². The van der Waals surface area contributed by atoms with E-state index >= 15 is 0 Å². The van der Waals surface area contributed by atoms with Crippen molar-refractivity contribution < 1.29 is 4.79 Å². The fourth-order valence-corrected chi connectivity index (χ4v) is 3.14. The third-order valence-electron chi connectivity index (χ3n) is 4.08. The van der Waals surface area contributed by atoms with Gasteiger partial charge in [-0.15, -0.1) is 0 Å².